The molecule has 1 aliphatic rings. The molecule has 1 fully saturated rings. The molecule has 0 saturated heterocycles. The monoisotopic (exact) mass is 355 g/mol. The Bertz CT molecular complexity index is 458. The summed E-state index contributed by atoms with van der Waals surface area (Å²) in [7, 11) is 3.33. The van der Waals surface area contributed by atoms with Gasteiger partial charge < -0.3 is 14.8 Å². The lowest BCUT2D eigenvalue weighted by Crippen LogP contribution is -2.34. The predicted molar refractivity (Wildman–Crippen MR) is 90.1 cm³/mol. The molecule has 0 aromatic heterocycles. The van der Waals surface area contributed by atoms with Gasteiger partial charge in [-0.05, 0) is 43.4 Å². The molecule has 1 atom stereocenters. The molecular formula is C17H26BrNO2. The van der Waals surface area contributed by atoms with Gasteiger partial charge in [0.25, 0.3) is 0 Å². The summed E-state index contributed by atoms with van der Waals surface area (Å²) in [5, 5.41) is 3.67. The lowest BCUT2D eigenvalue weighted by Gasteiger charge is -2.28. The van der Waals surface area contributed by atoms with Crippen LogP contribution in [0.1, 0.15) is 44.6 Å². The Labute approximate surface area is 136 Å². The van der Waals surface area contributed by atoms with Gasteiger partial charge in [0.2, 0.25) is 0 Å². The van der Waals surface area contributed by atoms with Crippen LogP contribution in [0.3, 0.4) is 0 Å². The smallest absolute Gasteiger partial charge is 0.161 e. The van der Waals surface area contributed by atoms with Crippen LogP contribution in [0, 0.1) is 5.92 Å². The van der Waals surface area contributed by atoms with Gasteiger partial charge in [-0.15, -0.1) is 0 Å². The maximum atomic E-state index is 5.38. The lowest BCUT2D eigenvalue weighted by molar-refractivity contribution is 0.280. The molecule has 1 aliphatic carbocycles. The summed E-state index contributed by atoms with van der Waals surface area (Å²) in [5.41, 5.74) is 1.20. The normalized spacial score (nSPS) is 17.5. The van der Waals surface area contributed by atoms with E-state index in [-0.39, 0.29) is 0 Å². The molecule has 1 aromatic rings. The summed E-state index contributed by atoms with van der Waals surface area (Å²) in [5.74, 6) is 2.36. The summed E-state index contributed by atoms with van der Waals surface area (Å²) in [4.78, 5) is 0. The van der Waals surface area contributed by atoms with Gasteiger partial charge in [-0.25, -0.2) is 0 Å². The second-order valence-electron chi connectivity index (χ2n) is 5.87. The average Bonchev–Trinajstić information content (AvgIpc) is 2.53. The highest BCUT2D eigenvalue weighted by Crippen LogP contribution is 2.33. The number of hydrogen-bond acceptors (Lipinski definition) is 3. The van der Waals surface area contributed by atoms with Crippen molar-refractivity contribution in [1.29, 1.82) is 0 Å². The summed E-state index contributed by atoms with van der Waals surface area (Å²) in [6.45, 7) is 3.16. The third-order valence-corrected chi connectivity index (χ3v) is 5.26. The Hall–Kier alpha value is -0.740. The fourth-order valence-electron chi connectivity index (χ4n) is 3.10. The molecule has 3 nitrogen and oxygen atoms in total. The third kappa shape index (κ3) is 4.36. The molecule has 2 rings (SSSR count). The second-order valence-corrected chi connectivity index (χ2v) is 6.72. The van der Waals surface area contributed by atoms with Crippen molar-refractivity contribution in [2.75, 3.05) is 14.2 Å². The van der Waals surface area contributed by atoms with Crippen LogP contribution < -0.4 is 14.8 Å². The van der Waals surface area contributed by atoms with Gasteiger partial charge >= 0.3 is 0 Å². The minimum absolute atomic E-state index is 0.560. The van der Waals surface area contributed by atoms with Crippen molar-refractivity contribution < 1.29 is 9.47 Å². The van der Waals surface area contributed by atoms with Crippen molar-refractivity contribution in [3.8, 4) is 11.5 Å². The van der Waals surface area contributed by atoms with Gasteiger partial charge in [0, 0.05) is 17.1 Å². The fourth-order valence-corrected chi connectivity index (χ4v) is 3.57. The molecule has 0 heterocycles. The Morgan fingerprint density at radius 2 is 1.76 bits per heavy atom. The fraction of sp³-hybridized carbons (Fsp3) is 0.647. The van der Waals surface area contributed by atoms with E-state index < -0.39 is 0 Å². The first-order valence-electron chi connectivity index (χ1n) is 7.79. The van der Waals surface area contributed by atoms with E-state index in [1.165, 1.54) is 37.7 Å². The van der Waals surface area contributed by atoms with E-state index >= 15 is 0 Å². The van der Waals surface area contributed by atoms with Crippen molar-refractivity contribution >= 4 is 15.9 Å². The van der Waals surface area contributed by atoms with Crippen molar-refractivity contribution in [3.63, 3.8) is 0 Å². The zero-order valence-electron chi connectivity index (χ0n) is 13.2. The van der Waals surface area contributed by atoms with Crippen LogP contribution in [0.5, 0.6) is 11.5 Å². The molecule has 1 saturated carbocycles. The number of rotatable bonds is 6. The van der Waals surface area contributed by atoms with Gasteiger partial charge in [-0.3, -0.25) is 0 Å². The number of ether oxygens (including phenoxy) is 2. The van der Waals surface area contributed by atoms with Gasteiger partial charge in [0.05, 0.1) is 14.2 Å². The van der Waals surface area contributed by atoms with E-state index in [0.29, 0.717) is 6.04 Å². The zero-order valence-corrected chi connectivity index (χ0v) is 14.8. The van der Waals surface area contributed by atoms with Gasteiger partial charge in [0.1, 0.15) is 0 Å². The topological polar surface area (TPSA) is 30.5 Å². The molecule has 118 valence electrons. The molecule has 21 heavy (non-hydrogen) atoms. The SMILES string of the molecule is COc1cc(Br)c(CNC(C)C2CCCCC2)cc1OC. The van der Waals surface area contributed by atoms with E-state index in [9.17, 15) is 0 Å². The molecule has 0 spiro atoms. The molecule has 0 amide bonds. The number of methoxy groups -OCH3 is 2. The van der Waals surface area contributed by atoms with Crippen molar-refractivity contribution in [3.05, 3.63) is 22.2 Å². The van der Waals surface area contributed by atoms with Crippen molar-refractivity contribution in [2.45, 2.75) is 51.6 Å². The number of hydrogen-bond donors (Lipinski definition) is 1. The largest absolute Gasteiger partial charge is 0.493 e. The highest BCUT2D eigenvalue weighted by molar-refractivity contribution is 9.10. The average molecular weight is 356 g/mol. The highest BCUT2D eigenvalue weighted by atomic mass is 79.9. The van der Waals surface area contributed by atoms with Gasteiger partial charge in [-0.2, -0.15) is 0 Å². The summed E-state index contributed by atoms with van der Waals surface area (Å²) < 4.78 is 11.8. The summed E-state index contributed by atoms with van der Waals surface area (Å²) in [6.07, 6.45) is 6.90. The first kappa shape index (κ1) is 16.6. The first-order chi connectivity index (χ1) is 10.2. The van der Waals surface area contributed by atoms with E-state index in [1.54, 1.807) is 14.2 Å². The van der Waals surface area contributed by atoms with Crippen molar-refractivity contribution in [1.82, 2.24) is 5.32 Å². The molecule has 1 N–H and O–H groups in total. The van der Waals surface area contributed by atoms with Crippen LogP contribution >= 0.6 is 15.9 Å². The van der Waals surface area contributed by atoms with Crippen LogP contribution in [0.4, 0.5) is 0 Å². The summed E-state index contributed by atoms with van der Waals surface area (Å²) in [6, 6.07) is 4.58. The molecule has 0 aliphatic heterocycles. The molecule has 4 heteroatoms. The minimum Gasteiger partial charge on any atom is -0.493 e. The maximum Gasteiger partial charge on any atom is 0.161 e. The van der Waals surface area contributed by atoms with Crippen LogP contribution in [0.25, 0.3) is 0 Å². The number of benzene rings is 1. The van der Waals surface area contributed by atoms with Crippen LogP contribution in [0.2, 0.25) is 0 Å². The Morgan fingerprint density at radius 3 is 2.38 bits per heavy atom. The van der Waals surface area contributed by atoms with Gasteiger partial charge in [0.15, 0.2) is 11.5 Å². The van der Waals surface area contributed by atoms with Crippen LogP contribution in [0.15, 0.2) is 16.6 Å². The molecule has 0 radical (unpaired) electrons. The second kappa shape index (κ2) is 8.04. The van der Waals surface area contributed by atoms with E-state index in [4.69, 9.17) is 9.47 Å². The Balaban J connectivity index is 1.98. The molecule has 1 unspecified atom stereocenters. The number of nitrogens with one attached hydrogen (secondary N) is 1. The Morgan fingerprint density at radius 1 is 1.14 bits per heavy atom. The lowest BCUT2D eigenvalue weighted by atomic mass is 9.84. The third-order valence-electron chi connectivity index (χ3n) is 4.52. The maximum absolute atomic E-state index is 5.38. The molecule has 1 aromatic carbocycles. The van der Waals surface area contributed by atoms with Crippen LogP contribution in [-0.4, -0.2) is 20.3 Å². The Kier molecular flexibility index (Phi) is 6.37. The van der Waals surface area contributed by atoms with E-state index in [0.717, 1.165) is 28.4 Å². The zero-order chi connectivity index (χ0) is 15.2. The first-order valence-corrected chi connectivity index (χ1v) is 8.58. The molecular weight excluding hydrogens is 330 g/mol. The minimum atomic E-state index is 0.560. The highest BCUT2D eigenvalue weighted by Gasteiger charge is 2.20. The quantitative estimate of drug-likeness (QED) is 0.813. The molecule has 0 bridgehead atoms. The van der Waals surface area contributed by atoms with Crippen LogP contribution in [-0.2, 0) is 6.54 Å². The van der Waals surface area contributed by atoms with Gasteiger partial charge in [-0.1, -0.05) is 35.2 Å². The predicted octanol–water partition coefficient (Wildman–Crippen LogP) is 4.52. The van der Waals surface area contributed by atoms with E-state index in [1.807, 2.05) is 12.1 Å². The number of halogens is 1. The summed E-state index contributed by atoms with van der Waals surface area (Å²) >= 11 is 3.62. The van der Waals surface area contributed by atoms with Crippen molar-refractivity contribution in [2.24, 2.45) is 5.92 Å². The standard InChI is InChI=1S/C17H26BrNO2/c1-12(13-7-5-4-6-8-13)19-11-14-9-16(20-2)17(21-3)10-15(14)18/h9-10,12-13,19H,4-8,11H2,1-3H3. The van der Waals surface area contributed by atoms with E-state index in [2.05, 4.69) is 28.2 Å².